The van der Waals surface area contributed by atoms with E-state index in [4.69, 9.17) is 4.98 Å². The first-order chi connectivity index (χ1) is 14.8. The van der Waals surface area contributed by atoms with Gasteiger partial charge in [0, 0.05) is 0 Å². The van der Waals surface area contributed by atoms with Crippen LogP contribution in [0.25, 0.3) is 10.2 Å². The smallest absolute Gasteiger partial charge is 0.191 e. The topological polar surface area (TPSA) is 46.8 Å². The molecular formula is C23H25N5S2. The average molecular weight is 436 g/mol. The first-order valence-corrected chi connectivity index (χ1v) is 12.3. The largest absolute Gasteiger partial charge is 0.300 e. The normalized spacial score (nSPS) is 15.1. The summed E-state index contributed by atoms with van der Waals surface area (Å²) in [6, 6.07) is 18.9. The number of piperidine rings is 1. The summed E-state index contributed by atoms with van der Waals surface area (Å²) in [6.07, 6.45) is 3.91. The highest BCUT2D eigenvalue weighted by atomic mass is 32.2. The molecule has 1 fully saturated rings. The Kier molecular flexibility index (Phi) is 6.11. The van der Waals surface area contributed by atoms with Gasteiger partial charge in [0.2, 0.25) is 0 Å². The molecule has 3 heterocycles. The second kappa shape index (κ2) is 9.29. The molecule has 2 aromatic heterocycles. The van der Waals surface area contributed by atoms with E-state index in [1.165, 1.54) is 29.5 Å². The lowest BCUT2D eigenvalue weighted by Crippen LogP contribution is -2.30. The summed E-state index contributed by atoms with van der Waals surface area (Å²) in [6.45, 7) is 4.00. The highest BCUT2D eigenvalue weighted by Crippen LogP contribution is 2.28. The van der Waals surface area contributed by atoms with E-state index in [1.54, 1.807) is 23.1 Å². The van der Waals surface area contributed by atoms with E-state index in [0.717, 1.165) is 53.4 Å². The average Bonchev–Trinajstić information content (AvgIpc) is 3.37. The number of nitrogens with zero attached hydrogens (tertiary/aromatic N) is 5. The van der Waals surface area contributed by atoms with Crippen LogP contribution in [-0.2, 0) is 18.8 Å². The van der Waals surface area contributed by atoms with Gasteiger partial charge in [-0.1, -0.05) is 60.6 Å². The number of aromatic nitrogens is 4. The first-order valence-electron chi connectivity index (χ1n) is 10.5. The molecule has 1 aliphatic heterocycles. The third-order valence-electron chi connectivity index (χ3n) is 5.45. The van der Waals surface area contributed by atoms with Crippen LogP contribution in [0.4, 0.5) is 0 Å². The van der Waals surface area contributed by atoms with Gasteiger partial charge in [0.25, 0.3) is 0 Å². The molecule has 0 radical (unpaired) electrons. The fourth-order valence-corrected chi connectivity index (χ4v) is 5.81. The van der Waals surface area contributed by atoms with Crippen LogP contribution < -0.4 is 0 Å². The molecule has 1 aliphatic rings. The lowest BCUT2D eigenvalue weighted by atomic mass is 10.1. The molecule has 30 heavy (non-hydrogen) atoms. The molecule has 154 valence electrons. The van der Waals surface area contributed by atoms with E-state index < -0.39 is 0 Å². The van der Waals surface area contributed by atoms with Gasteiger partial charge >= 0.3 is 0 Å². The molecule has 7 heteroatoms. The molecule has 0 unspecified atom stereocenters. The van der Waals surface area contributed by atoms with Crippen molar-refractivity contribution in [3.8, 4) is 0 Å². The van der Waals surface area contributed by atoms with Crippen molar-refractivity contribution < 1.29 is 0 Å². The summed E-state index contributed by atoms with van der Waals surface area (Å²) in [7, 11) is 0. The molecule has 0 aliphatic carbocycles. The van der Waals surface area contributed by atoms with Crippen molar-refractivity contribution in [1.82, 2.24) is 24.6 Å². The fraction of sp³-hybridized carbons (Fsp3) is 0.348. The summed E-state index contributed by atoms with van der Waals surface area (Å²) >= 11 is 3.50. The Balaban J connectivity index is 1.37. The minimum absolute atomic E-state index is 0.805. The quantitative estimate of drug-likeness (QED) is 0.373. The number of thioether (sulfide) groups is 1. The van der Waals surface area contributed by atoms with Gasteiger partial charge in [-0.25, -0.2) is 4.98 Å². The number of likely N-dealkylation sites (tertiary alicyclic amines) is 1. The van der Waals surface area contributed by atoms with Crippen LogP contribution in [0.15, 0.2) is 59.8 Å². The van der Waals surface area contributed by atoms with Gasteiger partial charge in [0.15, 0.2) is 5.16 Å². The minimum atomic E-state index is 0.805. The second-order valence-electron chi connectivity index (χ2n) is 7.67. The molecule has 0 atom stereocenters. The zero-order valence-corrected chi connectivity index (χ0v) is 18.5. The maximum atomic E-state index is 4.77. The molecule has 1 saturated heterocycles. The van der Waals surface area contributed by atoms with Crippen LogP contribution in [-0.4, -0.2) is 37.7 Å². The van der Waals surface area contributed by atoms with Crippen molar-refractivity contribution in [1.29, 1.82) is 0 Å². The summed E-state index contributed by atoms with van der Waals surface area (Å²) in [5, 5.41) is 11.3. The third-order valence-corrected chi connectivity index (χ3v) is 7.65. The van der Waals surface area contributed by atoms with Gasteiger partial charge in [0.05, 0.1) is 29.1 Å². The Morgan fingerprint density at radius 1 is 0.867 bits per heavy atom. The van der Waals surface area contributed by atoms with E-state index in [0.29, 0.717) is 0 Å². The predicted molar refractivity (Wildman–Crippen MR) is 124 cm³/mol. The number of benzene rings is 2. The first kappa shape index (κ1) is 19.7. The lowest BCUT2D eigenvalue weighted by molar-refractivity contribution is 0.213. The van der Waals surface area contributed by atoms with Gasteiger partial charge < -0.3 is 4.57 Å². The van der Waals surface area contributed by atoms with E-state index in [-0.39, 0.29) is 0 Å². The molecule has 0 amide bonds. The lowest BCUT2D eigenvalue weighted by Gasteiger charge is -2.26. The van der Waals surface area contributed by atoms with E-state index in [9.17, 15) is 0 Å². The number of hydrogen-bond donors (Lipinski definition) is 0. The Morgan fingerprint density at radius 3 is 2.50 bits per heavy atom. The molecular weight excluding hydrogens is 410 g/mol. The van der Waals surface area contributed by atoms with Gasteiger partial charge in [-0.15, -0.1) is 21.5 Å². The maximum Gasteiger partial charge on any atom is 0.191 e. The van der Waals surface area contributed by atoms with Gasteiger partial charge in [-0.05, 0) is 43.6 Å². The monoisotopic (exact) mass is 435 g/mol. The van der Waals surface area contributed by atoms with Crippen molar-refractivity contribution in [3.05, 3.63) is 71.0 Å². The number of hydrogen-bond acceptors (Lipinski definition) is 6. The molecule has 0 saturated carbocycles. The Hall–Kier alpha value is -2.22. The van der Waals surface area contributed by atoms with Crippen LogP contribution in [0.5, 0.6) is 0 Å². The molecule has 5 rings (SSSR count). The number of fused-ring (bicyclic) bond motifs is 1. The Bertz CT molecular complexity index is 1070. The number of rotatable bonds is 7. The number of thiazole rings is 1. The second-order valence-corrected chi connectivity index (χ2v) is 9.73. The highest BCUT2D eigenvalue weighted by molar-refractivity contribution is 7.98. The molecule has 4 aromatic rings. The van der Waals surface area contributed by atoms with Gasteiger partial charge in [0.1, 0.15) is 10.8 Å². The summed E-state index contributed by atoms with van der Waals surface area (Å²) in [5.41, 5.74) is 2.36. The van der Waals surface area contributed by atoms with Crippen molar-refractivity contribution in [3.63, 3.8) is 0 Å². The maximum absolute atomic E-state index is 4.77. The van der Waals surface area contributed by atoms with E-state index in [2.05, 4.69) is 68.2 Å². The van der Waals surface area contributed by atoms with E-state index >= 15 is 0 Å². The van der Waals surface area contributed by atoms with Gasteiger partial charge in [-0.2, -0.15) is 0 Å². The molecule has 2 aromatic carbocycles. The third kappa shape index (κ3) is 4.58. The zero-order valence-electron chi connectivity index (χ0n) is 16.9. The Labute approximate surface area is 185 Å². The predicted octanol–water partition coefficient (Wildman–Crippen LogP) is 5.21. The molecule has 5 nitrogen and oxygen atoms in total. The van der Waals surface area contributed by atoms with Crippen molar-refractivity contribution in [2.75, 3.05) is 13.1 Å². The minimum Gasteiger partial charge on any atom is -0.300 e. The molecule has 0 bridgehead atoms. The standard InChI is InChI=1S/C23H25N5S2/c1-3-9-18(10-4-1)15-28-21(16-27-13-7-2-8-14-27)25-26-23(28)29-17-22-24-19-11-5-6-12-20(19)30-22/h1,3-6,9-12H,2,7-8,13-17H2. The highest BCUT2D eigenvalue weighted by Gasteiger charge is 2.18. The van der Waals surface area contributed by atoms with E-state index in [1.807, 2.05) is 6.07 Å². The summed E-state index contributed by atoms with van der Waals surface area (Å²) in [4.78, 5) is 7.28. The Morgan fingerprint density at radius 2 is 1.67 bits per heavy atom. The van der Waals surface area contributed by atoms with Crippen LogP contribution in [0.1, 0.15) is 35.7 Å². The van der Waals surface area contributed by atoms with Crippen LogP contribution >= 0.6 is 23.1 Å². The summed E-state index contributed by atoms with van der Waals surface area (Å²) < 4.78 is 3.53. The van der Waals surface area contributed by atoms with Crippen molar-refractivity contribution in [2.45, 2.75) is 43.3 Å². The number of para-hydroxylation sites is 1. The zero-order chi connectivity index (χ0) is 20.2. The molecule has 0 spiro atoms. The van der Waals surface area contributed by atoms with Crippen LogP contribution in [0.3, 0.4) is 0 Å². The van der Waals surface area contributed by atoms with Crippen molar-refractivity contribution in [2.24, 2.45) is 0 Å². The van der Waals surface area contributed by atoms with Gasteiger partial charge in [-0.3, -0.25) is 4.90 Å². The van der Waals surface area contributed by atoms with Crippen LogP contribution in [0, 0.1) is 0 Å². The molecule has 0 N–H and O–H groups in total. The SMILES string of the molecule is c1ccc(Cn2c(CN3CCCCC3)nnc2SCc2nc3ccccc3s2)cc1. The fourth-order valence-electron chi connectivity index (χ4n) is 3.89. The summed E-state index contributed by atoms with van der Waals surface area (Å²) in [5.74, 6) is 1.88. The van der Waals surface area contributed by atoms with Crippen LogP contribution in [0.2, 0.25) is 0 Å². The van der Waals surface area contributed by atoms with Crippen molar-refractivity contribution >= 4 is 33.3 Å².